The van der Waals surface area contributed by atoms with Crippen LogP contribution in [0.25, 0.3) is 0 Å². The van der Waals surface area contributed by atoms with Gasteiger partial charge in [-0.3, -0.25) is 4.90 Å². The first-order valence-electron chi connectivity index (χ1n) is 7.38. The van der Waals surface area contributed by atoms with Gasteiger partial charge in [-0.15, -0.1) is 0 Å². The molecule has 0 spiro atoms. The van der Waals surface area contributed by atoms with Gasteiger partial charge in [0.1, 0.15) is 0 Å². The lowest BCUT2D eigenvalue weighted by atomic mass is 9.90. The minimum atomic E-state index is 0.376. The number of likely N-dealkylation sites (tertiary alicyclic amines) is 2. The van der Waals surface area contributed by atoms with Crippen molar-refractivity contribution in [1.29, 1.82) is 0 Å². The van der Waals surface area contributed by atoms with Crippen LogP contribution in [0.4, 0.5) is 0 Å². The zero-order valence-electron chi connectivity index (χ0n) is 11.7. The maximum atomic E-state index is 6.38. The minimum Gasteiger partial charge on any atom is -0.326 e. The van der Waals surface area contributed by atoms with Gasteiger partial charge in [0.05, 0.1) is 0 Å². The summed E-state index contributed by atoms with van der Waals surface area (Å²) in [7, 11) is 0. The highest BCUT2D eigenvalue weighted by atomic mass is 15.3. The Bertz CT molecular complexity index is 234. The van der Waals surface area contributed by atoms with Crippen molar-refractivity contribution in [2.75, 3.05) is 19.6 Å². The van der Waals surface area contributed by atoms with Gasteiger partial charge in [0.25, 0.3) is 0 Å². The molecule has 0 radical (unpaired) electrons. The quantitative estimate of drug-likeness (QED) is 0.795. The van der Waals surface area contributed by atoms with Gasteiger partial charge < -0.3 is 10.6 Å². The molecule has 2 saturated heterocycles. The summed E-state index contributed by atoms with van der Waals surface area (Å²) in [5, 5.41) is 0. The third-order valence-corrected chi connectivity index (χ3v) is 4.81. The molecule has 0 amide bonds. The number of hydrogen-bond donors (Lipinski definition) is 1. The Morgan fingerprint density at radius 2 is 1.76 bits per heavy atom. The summed E-state index contributed by atoms with van der Waals surface area (Å²) >= 11 is 0. The lowest BCUT2D eigenvalue weighted by molar-refractivity contribution is 0.00600. The average Bonchev–Trinajstić information content (AvgIpc) is 2.31. The smallest absolute Gasteiger partial charge is 0.0380 e. The van der Waals surface area contributed by atoms with Crippen molar-refractivity contribution in [3.8, 4) is 0 Å². The number of hydrogen-bond acceptors (Lipinski definition) is 3. The van der Waals surface area contributed by atoms with E-state index in [-0.39, 0.29) is 0 Å². The maximum Gasteiger partial charge on any atom is 0.0380 e. The van der Waals surface area contributed by atoms with Gasteiger partial charge in [0, 0.05) is 30.7 Å². The molecule has 0 aromatic carbocycles. The van der Waals surface area contributed by atoms with Crippen molar-refractivity contribution in [3.05, 3.63) is 0 Å². The van der Waals surface area contributed by atoms with E-state index in [1.54, 1.807) is 0 Å². The van der Waals surface area contributed by atoms with E-state index < -0.39 is 0 Å². The second-order valence-electron chi connectivity index (χ2n) is 5.99. The predicted octanol–water partition coefficient (Wildman–Crippen LogP) is 1.67. The fourth-order valence-electron chi connectivity index (χ4n) is 3.71. The van der Waals surface area contributed by atoms with Crippen molar-refractivity contribution in [1.82, 2.24) is 9.80 Å². The first-order chi connectivity index (χ1) is 8.13. The summed E-state index contributed by atoms with van der Waals surface area (Å²) < 4.78 is 0. The molecule has 0 aromatic rings. The fourth-order valence-corrected chi connectivity index (χ4v) is 3.71. The van der Waals surface area contributed by atoms with Gasteiger partial charge in [-0.05, 0) is 46.2 Å². The Kier molecular flexibility index (Phi) is 4.45. The molecule has 2 aliphatic heterocycles. The van der Waals surface area contributed by atoms with E-state index in [1.165, 1.54) is 38.9 Å². The lowest BCUT2D eigenvalue weighted by Gasteiger charge is -2.49. The monoisotopic (exact) mass is 239 g/mol. The number of nitrogens with zero attached hydrogens (tertiary/aromatic N) is 2. The highest BCUT2D eigenvalue weighted by Gasteiger charge is 2.37. The largest absolute Gasteiger partial charge is 0.326 e. The zero-order valence-corrected chi connectivity index (χ0v) is 11.7. The predicted molar refractivity (Wildman–Crippen MR) is 73.1 cm³/mol. The highest BCUT2D eigenvalue weighted by Crippen LogP contribution is 2.28. The van der Waals surface area contributed by atoms with Crippen LogP contribution in [0.3, 0.4) is 0 Å². The molecule has 0 saturated carbocycles. The molecule has 0 aliphatic carbocycles. The molecule has 2 fully saturated rings. The third kappa shape index (κ3) is 2.83. The van der Waals surface area contributed by atoms with Crippen molar-refractivity contribution >= 4 is 0 Å². The van der Waals surface area contributed by atoms with Crippen LogP contribution in [-0.2, 0) is 0 Å². The van der Waals surface area contributed by atoms with Gasteiger partial charge in [-0.25, -0.2) is 0 Å². The molecule has 100 valence electrons. The molecule has 0 bridgehead atoms. The summed E-state index contributed by atoms with van der Waals surface area (Å²) in [6.45, 7) is 10.6. The first kappa shape index (κ1) is 13.3. The topological polar surface area (TPSA) is 32.5 Å². The summed E-state index contributed by atoms with van der Waals surface area (Å²) in [6, 6.07) is 2.38. The Morgan fingerprint density at radius 3 is 2.35 bits per heavy atom. The average molecular weight is 239 g/mol. The normalized spacial score (nSPS) is 41.6. The molecule has 2 aliphatic rings. The van der Waals surface area contributed by atoms with Crippen molar-refractivity contribution in [3.63, 3.8) is 0 Å². The SMILES string of the molecule is CCN1CCC(N)C(N2C(C)CCCC2C)C1. The first-order valence-corrected chi connectivity index (χ1v) is 7.38. The highest BCUT2D eigenvalue weighted by molar-refractivity contribution is 4.95. The lowest BCUT2D eigenvalue weighted by Crippen LogP contribution is -2.63. The number of rotatable bonds is 2. The Morgan fingerprint density at radius 1 is 1.12 bits per heavy atom. The summed E-state index contributed by atoms with van der Waals surface area (Å²) in [4.78, 5) is 5.28. The van der Waals surface area contributed by atoms with Gasteiger partial charge in [-0.2, -0.15) is 0 Å². The Balaban J connectivity index is 2.06. The molecular weight excluding hydrogens is 210 g/mol. The van der Waals surface area contributed by atoms with Crippen LogP contribution < -0.4 is 5.73 Å². The van der Waals surface area contributed by atoms with E-state index in [2.05, 4.69) is 30.6 Å². The van der Waals surface area contributed by atoms with E-state index >= 15 is 0 Å². The molecule has 3 heteroatoms. The fraction of sp³-hybridized carbons (Fsp3) is 1.00. The second kappa shape index (κ2) is 5.68. The summed E-state index contributed by atoms with van der Waals surface area (Å²) in [5.74, 6) is 0. The molecule has 2 rings (SSSR count). The van der Waals surface area contributed by atoms with E-state index in [0.717, 1.165) is 6.42 Å². The van der Waals surface area contributed by atoms with Gasteiger partial charge in [-0.1, -0.05) is 13.3 Å². The van der Waals surface area contributed by atoms with Crippen LogP contribution >= 0.6 is 0 Å². The van der Waals surface area contributed by atoms with Crippen molar-refractivity contribution in [2.45, 2.75) is 70.6 Å². The summed E-state index contributed by atoms with van der Waals surface area (Å²) in [5.41, 5.74) is 6.38. The maximum absolute atomic E-state index is 6.38. The van der Waals surface area contributed by atoms with Crippen LogP contribution in [0.1, 0.15) is 46.5 Å². The number of nitrogens with two attached hydrogens (primary N) is 1. The Hall–Kier alpha value is -0.120. The van der Waals surface area contributed by atoms with Gasteiger partial charge in [0.2, 0.25) is 0 Å². The van der Waals surface area contributed by atoms with E-state index in [1.807, 2.05) is 0 Å². The molecule has 4 atom stereocenters. The van der Waals surface area contributed by atoms with Crippen LogP contribution in [-0.4, -0.2) is 53.6 Å². The second-order valence-corrected chi connectivity index (χ2v) is 5.99. The summed E-state index contributed by atoms with van der Waals surface area (Å²) in [6.07, 6.45) is 5.24. The number of likely N-dealkylation sites (N-methyl/N-ethyl adjacent to an activating group) is 1. The van der Waals surface area contributed by atoms with Crippen LogP contribution in [0, 0.1) is 0 Å². The van der Waals surface area contributed by atoms with E-state index in [4.69, 9.17) is 5.73 Å². The number of piperidine rings is 2. The van der Waals surface area contributed by atoms with Gasteiger partial charge >= 0.3 is 0 Å². The van der Waals surface area contributed by atoms with Gasteiger partial charge in [0.15, 0.2) is 0 Å². The van der Waals surface area contributed by atoms with Crippen molar-refractivity contribution < 1.29 is 0 Å². The zero-order chi connectivity index (χ0) is 12.4. The molecule has 0 aromatic heterocycles. The van der Waals surface area contributed by atoms with E-state index in [0.29, 0.717) is 24.2 Å². The molecule has 2 heterocycles. The van der Waals surface area contributed by atoms with E-state index in [9.17, 15) is 0 Å². The standard InChI is InChI=1S/C14H29N3/c1-4-16-9-8-13(15)14(10-16)17-11(2)6-5-7-12(17)3/h11-14H,4-10,15H2,1-3H3. The minimum absolute atomic E-state index is 0.376. The van der Waals surface area contributed by atoms with Crippen LogP contribution in [0.5, 0.6) is 0 Å². The molecule has 17 heavy (non-hydrogen) atoms. The molecule has 4 unspecified atom stereocenters. The molecule has 2 N–H and O–H groups in total. The molecule has 3 nitrogen and oxygen atoms in total. The third-order valence-electron chi connectivity index (χ3n) is 4.81. The molecular formula is C14H29N3. The van der Waals surface area contributed by atoms with Crippen molar-refractivity contribution in [2.24, 2.45) is 5.73 Å². The van der Waals surface area contributed by atoms with Crippen LogP contribution in [0.2, 0.25) is 0 Å². The Labute approximate surface area is 106 Å². The van der Waals surface area contributed by atoms with Crippen LogP contribution in [0.15, 0.2) is 0 Å².